The Morgan fingerprint density at radius 3 is 2.21 bits per heavy atom. The number of aryl methyl sites for hydroxylation is 2. The largest absolute Gasteiger partial charge is 0.444 e. The minimum Gasteiger partial charge on any atom is -0.444 e. The Morgan fingerprint density at radius 2 is 1.63 bits per heavy atom. The third-order valence-electron chi connectivity index (χ3n) is 7.67. The first-order chi connectivity index (χ1) is 20.4. The summed E-state index contributed by atoms with van der Waals surface area (Å²) >= 11 is 0. The van der Waals surface area contributed by atoms with Gasteiger partial charge in [0.05, 0.1) is 0 Å². The summed E-state index contributed by atoms with van der Waals surface area (Å²) in [7, 11) is 0. The molecule has 1 fully saturated rings. The summed E-state index contributed by atoms with van der Waals surface area (Å²) in [6, 6.07) is 20.8. The smallest absolute Gasteiger partial charge is 0.408 e. The summed E-state index contributed by atoms with van der Waals surface area (Å²) in [4.78, 5) is 43.7. The molecule has 1 aliphatic rings. The number of carbonyl (C=O) groups excluding carboxylic acids is 3. The van der Waals surface area contributed by atoms with Crippen molar-refractivity contribution in [3.63, 3.8) is 0 Å². The maximum absolute atomic E-state index is 14.7. The van der Waals surface area contributed by atoms with Crippen LogP contribution in [0.15, 0.2) is 79.4 Å². The maximum Gasteiger partial charge on any atom is 0.408 e. The number of benzene rings is 3. The Labute approximate surface area is 255 Å². The molecular weight excluding hydrogens is 538 g/mol. The lowest BCUT2D eigenvalue weighted by Gasteiger charge is -2.35. The third-order valence-corrected chi connectivity index (χ3v) is 7.67. The van der Waals surface area contributed by atoms with E-state index in [0.717, 1.165) is 34.4 Å². The van der Waals surface area contributed by atoms with E-state index in [1.165, 1.54) is 0 Å². The van der Waals surface area contributed by atoms with Gasteiger partial charge in [-0.25, -0.2) is 4.79 Å². The number of ether oxygens (including phenoxy) is 1. The lowest BCUT2D eigenvalue weighted by molar-refractivity contribution is -0.141. The molecule has 43 heavy (non-hydrogen) atoms. The summed E-state index contributed by atoms with van der Waals surface area (Å²) in [6.07, 6.45) is 2.03. The predicted molar refractivity (Wildman–Crippen MR) is 172 cm³/mol. The van der Waals surface area contributed by atoms with Crippen molar-refractivity contribution < 1.29 is 19.1 Å². The molecule has 1 saturated carbocycles. The Morgan fingerprint density at radius 1 is 1.00 bits per heavy atom. The van der Waals surface area contributed by atoms with Gasteiger partial charge in [0, 0.05) is 18.2 Å². The van der Waals surface area contributed by atoms with E-state index < -0.39 is 23.8 Å². The highest BCUT2D eigenvalue weighted by Gasteiger charge is 2.48. The van der Waals surface area contributed by atoms with Crippen molar-refractivity contribution in [3.8, 4) is 0 Å². The van der Waals surface area contributed by atoms with Crippen LogP contribution >= 0.6 is 0 Å². The molecule has 7 nitrogen and oxygen atoms in total. The molecule has 4 unspecified atom stereocenters. The normalized spacial score (nSPS) is 17.3. The second-order valence-electron chi connectivity index (χ2n) is 12.4. The lowest BCUT2D eigenvalue weighted by atomic mass is 9.98. The number of rotatable bonds is 10. The monoisotopic (exact) mass is 581 g/mol. The molecule has 4 atom stereocenters. The molecule has 0 radical (unpaired) electrons. The van der Waals surface area contributed by atoms with Gasteiger partial charge in [-0.2, -0.15) is 0 Å². The molecule has 0 bridgehead atoms. The second kappa shape index (κ2) is 13.3. The van der Waals surface area contributed by atoms with E-state index in [0.29, 0.717) is 5.56 Å². The van der Waals surface area contributed by atoms with E-state index in [1.807, 2.05) is 86.6 Å². The van der Waals surface area contributed by atoms with Crippen LogP contribution in [0.2, 0.25) is 0 Å². The Bertz CT molecular complexity index is 1460. The fourth-order valence-corrected chi connectivity index (χ4v) is 5.35. The van der Waals surface area contributed by atoms with Gasteiger partial charge in [0.1, 0.15) is 17.7 Å². The van der Waals surface area contributed by atoms with Crippen molar-refractivity contribution in [2.75, 3.05) is 5.32 Å². The fraction of sp³-hybridized carbons (Fsp3) is 0.361. The second-order valence-corrected chi connectivity index (χ2v) is 12.4. The van der Waals surface area contributed by atoms with Gasteiger partial charge in [-0.1, -0.05) is 86.3 Å². The summed E-state index contributed by atoms with van der Waals surface area (Å²) in [5.41, 5.74) is 4.23. The van der Waals surface area contributed by atoms with E-state index in [2.05, 4.69) is 24.1 Å². The van der Waals surface area contributed by atoms with Crippen LogP contribution in [0.4, 0.5) is 10.5 Å². The highest BCUT2D eigenvalue weighted by atomic mass is 16.6. The molecule has 1 aliphatic carbocycles. The van der Waals surface area contributed by atoms with E-state index in [4.69, 9.17) is 4.74 Å². The number of nitrogens with zero attached hydrogens (tertiary/aromatic N) is 1. The van der Waals surface area contributed by atoms with E-state index in [9.17, 15) is 14.4 Å². The quantitative estimate of drug-likeness (QED) is 0.270. The average molecular weight is 582 g/mol. The molecule has 0 aromatic heterocycles. The van der Waals surface area contributed by atoms with Crippen molar-refractivity contribution in [3.05, 3.63) is 107 Å². The summed E-state index contributed by atoms with van der Waals surface area (Å²) in [6.45, 7) is 15.2. The molecule has 0 saturated heterocycles. The van der Waals surface area contributed by atoms with Crippen molar-refractivity contribution >= 4 is 29.7 Å². The first-order valence-corrected chi connectivity index (χ1v) is 14.8. The predicted octanol–water partition coefficient (Wildman–Crippen LogP) is 7.00. The van der Waals surface area contributed by atoms with Crippen molar-refractivity contribution in [2.24, 2.45) is 5.92 Å². The fourth-order valence-electron chi connectivity index (χ4n) is 5.35. The van der Waals surface area contributed by atoms with Gasteiger partial charge in [-0.3, -0.25) is 9.59 Å². The molecule has 0 spiro atoms. The molecule has 2 N–H and O–H groups in total. The van der Waals surface area contributed by atoms with Crippen molar-refractivity contribution in [1.29, 1.82) is 0 Å². The molecule has 7 heteroatoms. The van der Waals surface area contributed by atoms with Gasteiger partial charge in [-0.05, 0) is 80.8 Å². The molecule has 3 amide bonds. The van der Waals surface area contributed by atoms with Crippen LogP contribution in [0.25, 0.3) is 6.08 Å². The summed E-state index contributed by atoms with van der Waals surface area (Å²) in [5.74, 6) is -0.461. The topological polar surface area (TPSA) is 87.7 Å². The standard InChI is InChI=1S/C36H43N3O4/c1-8-26-18-13-19-28(21-26)32(33(40)38-31-23(2)14-12-15-24(31)3)39(30-20-25(30)4)34(41)29(22-27-16-10-9-11-17-27)37-35(42)43-36(5,6)7/h8-19,21,25,29-30,32H,1,20,22H2,2-7H3,(H,37,42)(H,38,40). The SMILES string of the molecule is C=Cc1cccc(C(C(=O)Nc2c(C)cccc2C)N(C(=O)C(Cc2ccccc2)NC(=O)OC(C)(C)C)C2CC2C)c1. The van der Waals surface area contributed by atoms with Gasteiger partial charge in [0.15, 0.2) is 0 Å². The van der Waals surface area contributed by atoms with Crippen molar-refractivity contribution in [1.82, 2.24) is 10.2 Å². The van der Waals surface area contributed by atoms with Gasteiger partial charge >= 0.3 is 6.09 Å². The van der Waals surface area contributed by atoms with Crippen LogP contribution in [0.3, 0.4) is 0 Å². The number of nitrogens with one attached hydrogen (secondary N) is 2. The van der Waals surface area contributed by atoms with E-state index >= 15 is 0 Å². The van der Waals surface area contributed by atoms with Crippen LogP contribution < -0.4 is 10.6 Å². The molecule has 4 rings (SSSR count). The van der Waals surface area contributed by atoms with E-state index in [-0.39, 0.29) is 30.2 Å². The highest BCUT2D eigenvalue weighted by Crippen LogP contribution is 2.41. The molecule has 226 valence electrons. The van der Waals surface area contributed by atoms with Gasteiger partial charge in [-0.15, -0.1) is 0 Å². The molecule has 0 heterocycles. The minimum atomic E-state index is -0.955. The Hall–Kier alpha value is -4.39. The molecule has 0 aliphatic heterocycles. The first-order valence-electron chi connectivity index (χ1n) is 14.8. The van der Waals surface area contributed by atoms with Gasteiger partial charge in [0.2, 0.25) is 5.91 Å². The van der Waals surface area contributed by atoms with Crippen LogP contribution in [-0.4, -0.2) is 40.5 Å². The van der Waals surface area contributed by atoms with Gasteiger partial charge < -0.3 is 20.3 Å². The highest BCUT2D eigenvalue weighted by molar-refractivity contribution is 6.00. The number of anilines is 1. The summed E-state index contributed by atoms with van der Waals surface area (Å²) in [5, 5.41) is 5.97. The zero-order valence-electron chi connectivity index (χ0n) is 26.0. The van der Waals surface area contributed by atoms with E-state index in [1.54, 1.807) is 31.7 Å². The third kappa shape index (κ3) is 8.13. The van der Waals surface area contributed by atoms with Crippen LogP contribution in [0.1, 0.15) is 68.0 Å². The lowest BCUT2D eigenvalue weighted by Crippen LogP contribution is -2.54. The van der Waals surface area contributed by atoms with Crippen molar-refractivity contribution in [2.45, 2.75) is 78.1 Å². The van der Waals surface area contributed by atoms with Crippen LogP contribution in [0.5, 0.6) is 0 Å². The summed E-state index contributed by atoms with van der Waals surface area (Å²) < 4.78 is 5.55. The zero-order chi connectivity index (χ0) is 31.3. The number of hydrogen-bond acceptors (Lipinski definition) is 4. The van der Waals surface area contributed by atoms with Gasteiger partial charge in [0.25, 0.3) is 5.91 Å². The first kappa shape index (κ1) is 31.5. The number of alkyl carbamates (subject to hydrolysis) is 1. The molecular formula is C36H43N3O4. The number of carbonyl (C=O) groups is 3. The zero-order valence-corrected chi connectivity index (χ0v) is 26.0. The minimum absolute atomic E-state index is 0.174. The van der Waals surface area contributed by atoms with Crippen LogP contribution in [-0.2, 0) is 20.7 Å². The molecule has 3 aromatic carbocycles. The maximum atomic E-state index is 14.7. The number of amides is 3. The number of para-hydroxylation sites is 1. The number of hydrogen-bond donors (Lipinski definition) is 2. The molecule has 3 aromatic rings. The van der Waals surface area contributed by atoms with Crippen LogP contribution in [0, 0.1) is 19.8 Å². The average Bonchev–Trinajstić information content (AvgIpc) is 3.68. The Kier molecular flexibility index (Phi) is 9.74. The Balaban J connectivity index is 1.79.